The summed E-state index contributed by atoms with van der Waals surface area (Å²) < 4.78 is 11.5. The first-order valence-electron chi connectivity index (χ1n) is 8.02. The molecular weight excluding hydrogens is 348 g/mol. The summed E-state index contributed by atoms with van der Waals surface area (Å²) in [5.74, 6) is -0.0668. The molecule has 0 atom stereocenters. The van der Waals surface area contributed by atoms with Crippen LogP contribution in [-0.2, 0) is 0 Å². The third kappa shape index (κ3) is 3.17. The highest BCUT2D eigenvalue weighted by Crippen LogP contribution is 2.34. The first kappa shape index (κ1) is 16.3. The van der Waals surface area contributed by atoms with E-state index in [1.165, 1.54) is 0 Å². The van der Waals surface area contributed by atoms with Gasteiger partial charge in [-0.3, -0.25) is 0 Å². The van der Waals surface area contributed by atoms with Crippen molar-refractivity contribution in [2.24, 2.45) is 0 Å². The number of fused-ring (bicyclic) bond motifs is 1. The number of hydrogen-bond acceptors (Lipinski definition) is 5. The normalized spacial score (nSPS) is 10.8. The molecule has 128 valence electrons. The van der Waals surface area contributed by atoms with E-state index in [0.29, 0.717) is 27.2 Å². The molecule has 0 aliphatic carbocycles. The Kier molecular flexibility index (Phi) is 4.14. The van der Waals surface area contributed by atoms with E-state index in [1.54, 1.807) is 24.3 Å². The minimum absolute atomic E-state index is 0.375. The van der Waals surface area contributed by atoms with Crippen LogP contribution in [0.25, 0.3) is 21.4 Å². The Morgan fingerprint density at radius 3 is 2.58 bits per heavy atom. The van der Waals surface area contributed by atoms with Gasteiger partial charge < -0.3 is 9.15 Å². The lowest BCUT2D eigenvalue weighted by Gasteiger charge is -2.08. The Morgan fingerprint density at radius 2 is 1.81 bits per heavy atom. The molecular formula is C21H14O4S. The second kappa shape index (κ2) is 6.61. The van der Waals surface area contributed by atoms with Crippen LogP contribution in [0.2, 0.25) is 0 Å². The molecule has 0 bridgehead atoms. The van der Waals surface area contributed by atoms with Gasteiger partial charge in [0.1, 0.15) is 5.75 Å². The average molecular weight is 362 g/mol. The van der Waals surface area contributed by atoms with Crippen LogP contribution in [0.1, 0.15) is 15.9 Å². The highest BCUT2D eigenvalue weighted by Gasteiger charge is 2.15. The average Bonchev–Trinajstić information content (AvgIpc) is 3.02. The third-order valence-corrected chi connectivity index (χ3v) is 4.73. The fourth-order valence-corrected chi connectivity index (χ4v) is 3.51. The maximum atomic E-state index is 12.5. The van der Waals surface area contributed by atoms with E-state index in [0.717, 1.165) is 22.5 Å². The van der Waals surface area contributed by atoms with Gasteiger partial charge in [-0.2, -0.15) is 0 Å². The summed E-state index contributed by atoms with van der Waals surface area (Å²) in [4.78, 5) is 23.8. The summed E-state index contributed by atoms with van der Waals surface area (Å²) in [6.45, 7) is 1.92. The Hall–Kier alpha value is -3.18. The van der Waals surface area contributed by atoms with Crippen LogP contribution in [0, 0.1) is 6.92 Å². The van der Waals surface area contributed by atoms with Crippen molar-refractivity contribution in [3.63, 3.8) is 0 Å². The van der Waals surface area contributed by atoms with Crippen LogP contribution < -0.4 is 9.68 Å². The largest absolute Gasteiger partial charge is 0.423 e. The fraction of sp³-hybridized carbons (Fsp3) is 0.0476. The van der Waals surface area contributed by atoms with E-state index in [-0.39, 0.29) is 4.94 Å². The van der Waals surface area contributed by atoms with E-state index in [4.69, 9.17) is 9.15 Å². The number of ether oxygens (including phenoxy) is 1. The summed E-state index contributed by atoms with van der Waals surface area (Å²) in [6, 6.07) is 20.1. The predicted octanol–water partition coefficient (Wildman–Crippen LogP) is 5.05. The SMILES string of the molecule is Cc1cccc(C(=O)Oc2cc(-c3ccccc3)c3oc(=O)sc3c2)c1. The third-order valence-electron chi connectivity index (χ3n) is 3.96. The summed E-state index contributed by atoms with van der Waals surface area (Å²) in [7, 11) is 0. The van der Waals surface area contributed by atoms with Crippen molar-refractivity contribution >= 4 is 27.6 Å². The van der Waals surface area contributed by atoms with Gasteiger partial charge in [-0.25, -0.2) is 9.59 Å². The molecule has 4 nitrogen and oxygen atoms in total. The molecule has 0 aliphatic heterocycles. The second-order valence-electron chi connectivity index (χ2n) is 5.88. The number of rotatable bonds is 3. The minimum atomic E-state index is -0.442. The van der Waals surface area contributed by atoms with Crippen molar-refractivity contribution in [3.8, 4) is 16.9 Å². The van der Waals surface area contributed by atoms with Gasteiger partial charge >= 0.3 is 10.9 Å². The molecule has 3 aromatic carbocycles. The Labute approximate surface area is 153 Å². The molecule has 1 aromatic heterocycles. The molecule has 26 heavy (non-hydrogen) atoms. The van der Waals surface area contributed by atoms with E-state index in [9.17, 15) is 9.59 Å². The Bertz CT molecular complexity index is 1160. The predicted molar refractivity (Wildman–Crippen MR) is 102 cm³/mol. The summed E-state index contributed by atoms with van der Waals surface area (Å²) >= 11 is 0.987. The first-order valence-corrected chi connectivity index (χ1v) is 8.84. The molecule has 0 saturated carbocycles. The Balaban J connectivity index is 1.79. The number of aryl methyl sites for hydroxylation is 1. The van der Waals surface area contributed by atoms with Gasteiger partial charge in [-0.05, 0) is 30.7 Å². The summed E-state index contributed by atoms with van der Waals surface area (Å²) in [6.07, 6.45) is 0. The monoisotopic (exact) mass is 362 g/mol. The number of benzene rings is 3. The molecule has 0 amide bonds. The molecule has 0 aliphatic rings. The molecule has 0 fully saturated rings. The van der Waals surface area contributed by atoms with Crippen molar-refractivity contribution in [3.05, 3.63) is 87.6 Å². The van der Waals surface area contributed by atoms with Crippen LogP contribution in [0.4, 0.5) is 0 Å². The standard InChI is InChI=1S/C21H14O4S/c1-13-6-5-9-15(10-13)20(22)24-16-11-17(14-7-3-2-4-8-14)19-18(12-16)26-21(23)25-19/h2-12H,1H3. The van der Waals surface area contributed by atoms with Gasteiger partial charge in [0.15, 0.2) is 5.58 Å². The van der Waals surface area contributed by atoms with Crippen molar-refractivity contribution in [2.75, 3.05) is 0 Å². The van der Waals surface area contributed by atoms with Crippen LogP contribution in [0.15, 0.2) is 75.9 Å². The lowest BCUT2D eigenvalue weighted by molar-refractivity contribution is 0.0735. The number of esters is 1. The van der Waals surface area contributed by atoms with Crippen LogP contribution in [0.5, 0.6) is 5.75 Å². The molecule has 4 rings (SSSR count). The molecule has 4 aromatic rings. The highest BCUT2D eigenvalue weighted by atomic mass is 32.1. The van der Waals surface area contributed by atoms with E-state index in [1.807, 2.05) is 49.4 Å². The second-order valence-corrected chi connectivity index (χ2v) is 6.85. The molecule has 0 N–H and O–H groups in total. The van der Waals surface area contributed by atoms with Crippen LogP contribution in [0.3, 0.4) is 0 Å². The smallest absolute Gasteiger partial charge is 0.396 e. The molecule has 5 heteroatoms. The molecule has 1 heterocycles. The zero-order chi connectivity index (χ0) is 18.1. The molecule has 0 unspecified atom stereocenters. The van der Waals surface area contributed by atoms with E-state index < -0.39 is 5.97 Å². The number of hydrogen-bond donors (Lipinski definition) is 0. The number of carbonyl (C=O) groups excluding carboxylic acids is 1. The molecule has 0 saturated heterocycles. The minimum Gasteiger partial charge on any atom is -0.423 e. The van der Waals surface area contributed by atoms with Crippen molar-refractivity contribution in [1.82, 2.24) is 0 Å². The van der Waals surface area contributed by atoms with Gasteiger partial charge in [0.25, 0.3) is 0 Å². The first-order chi connectivity index (χ1) is 12.6. The van der Waals surface area contributed by atoms with Gasteiger partial charge in [0, 0.05) is 11.6 Å². The van der Waals surface area contributed by atoms with E-state index in [2.05, 4.69) is 0 Å². The quantitative estimate of drug-likeness (QED) is 0.378. The zero-order valence-electron chi connectivity index (χ0n) is 13.9. The zero-order valence-corrected chi connectivity index (χ0v) is 14.7. The van der Waals surface area contributed by atoms with Crippen molar-refractivity contribution in [2.45, 2.75) is 6.92 Å². The Morgan fingerprint density at radius 1 is 1.00 bits per heavy atom. The topological polar surface area (TPSA) is 56.5 Å². The maximum absolute atomic E-state index is 12.5. The fourth-order valence-electron chi connectivity index (χ4n) is 2.78. The molecule has 0 spiro atoms. The lowest BCUT2D eigenvalue weighted by Crippen LogP contribution is -2.08. The summed E-state index contributed by atoms with van der Waals surface area (Å²) in [5, 5.41) is 0. The van der Waals surface area contributed by atoms with Crippen molar-refractivity contribution in [1.29, 1.82) is 0 Å². The highest BCUT2D eigenvalue weighted by molar-refractivity contribution is 7.16. The van der Waals surface area contributed by atoms with E-state index >= 15 is 0 Å². The van der Waals surface area contributed by atoms with Gasteiger partial charge in [0.05, 0.1) is 10.3 Å². The number of carbonyl (C=O) groups is 1. The lowest BCUT2D eigenvalue weighted by atomic mass is 10.0. The van der Waals surface area contributed by atoms with Crippen LogP contribution >= 0.6 is 11.3 Å². The van der Waals surface area contributed by atoms with Gasteiger partial charge in [-0.1, -0.05) is 59.4 Å². The van der Waals surface area contributed by atoms with Crippen LogP contribution in [-0.4, -0.2) is 5.97 Å². The molecule has 0 radical (unpaired) electrons. The maximum Gasteiger partial charge on any atom is 0.396 e. The summed E-state index contributed by atoms with van der Waals surface area (Å²) in [5.41, 5.74) is 3.56. The van der Waals surface area contributed by atoms with Crippen molar-refractivity contribution < 1.29 is 13.9 Å². The van der Waals surface area contributed by atoms with Gasteiger partial charge in [-0.15, -0.1) is 0 Å². The van der Waals surface area contributed by atoms with Gasteiger partial charge in [0.2, 0.25) is 0 Å².